The molecule has 1 saturated carbocycles. The Kier molecular flexibility index (Phi) is 4.18. The lowest BCUT2D eigenvalue weighted by Crippen LogP contribution is -2.22. The Bertz CT molecular complexity index is 947. The molecule has 2 aliphatic rings. The molecule has 0 bridgehead atoms. The molecule has 1 heterocycles. The minimum Gasteiger partial charge on any atom is -0.482 e. The van der Waals surface area contributed by atoms with Crippen molar-refractivity contribution in [3.05, 3.63) is 75.3 Å². The van der Waals surface area contributed by atoms with Gasteiger partial charge in [0.25, 0.3) is 0 Å². The van der Waals surface area contributed by atoms with Crippen LogP contribution in [-0.2, 0) is 4.79 Å². The molecule has 1 N–H and O–H groups in total. The molecule has 2 atom stereocenters. The van der Waals surface area contributed by atoms with Gasteiger partial charge in [-0.05, 0) is 48.4 Å². The monoisotopic (exact) mass is 365 g/mol. The molecule has 138 valence electrons. The summed E-state index contributed by atoms with van der Waals surface area (Å²) in [6.45, 7) is 1.64. The minimum absolute atomic E-state index is 0.0926. The molecule has 0 spiro atoms. The first-order valence-corrected chi connectivity index (χ1v) is 8.91. The Hall–Kier alpha value is -3.15. The van der Waals surface area contributed by atoms with Gasteiger partial charge >= 0.3 is 11.7 Å². The summed E-state index contributed by atoms with van der Waals surface area (Å²) in [6, 6.07) is 13.1. The molecule has 1 aliphatic heterocycles. The molecule has 4 rings (SSSR count). The van der Waals surface area contributed by atoms with E-state index < -0.39 is 10.9 Å². The number of rotatable bonds is 5. The maximum absolute atomic E-state index is 11.7. The summed E-state index contributed by atoms with van der Waals surface area (Å²) in [5, 5.41) is 20.7. The van der Waals surface area contributed by atoms with Gasteiger partial charge in [-0.25, -0.2) is 4.79 Å². The van der Waals surface area contributed by atoms with Crippen molar-refractivity contribution in [1.29, 1.82) is 0 Å². The summed E-state index contributed by atoms with van der Waals surface area (Å²) in [5.74, 6) is -0.466. The van der Waals surface area contributed by atoms with Crippen LogP contribution in [0.4, 0.5) is 5.69 Å². The number of carboxylic acids is 1. The van der Waals surface area contributed by atoms with Crippen LogP contribution in [0.5, 0.6) is 5.75 Å². The normalized spacial score (nSPS) is 21.4. The number of hydrogen-bond donors (Lipinski definition) is 1. The molecule has 0 amide bonds. The largest absolute Gasteiger partial charge is 0.482 e. The van der Waals surface area contributed by atoms with E-state index in [1.165, 1.54) is 6.07 Å². The number of carboxylic acid groups (broad SMARTS) is 1. The van der Waals surface area contributed by atoms with Gasteiger partial charge in [0.05, 0.1) is 10.8 Å². The molecule has 27 heavy (non-hydrogen) atoms. The van der Waals surface area contributed by atoms with Crippen molar-refractivity contribution in [3.63, 3.8) is 0 Å². The molecule has 0 radical (unpaired) electrons. The number of nitrogens with zero attached hydrogens (tertiary/aromatic N) is 1. The number of nitro groups is 1. The van der Waals surface area contributed by atoms with E-state index in [-0.39, 0.29) is 17.7 Å². The number of hydrogen-bond acceptors (Lipinski definition) is 4. The van der Waals surface area contributed by atoms with Crippen LogP contribution in [0.2, 0.25) is 0 Å². The second kappa shape index (κ2) is 6.54. The maximum Gasteiger partial charge on any atom is 0.328 e. The third kappa shape index (κ3) is 3.18. The molecular formula is C21H19NO5. The highest BCUT2D eigenvalue weighted by Crippen LogP contribution is 2.54. The van der Waals surface area contributed by atoms with Gasteiger partial charge in [0.2, 0.25) is 5.75 Å². The minimum atomic E-state index is -1.08. The lowest BCUT2D eigenvalue weighted by atomic mass is 9.85. The summed E-state index contributed by atoms with van der Waals surface area (Å²) in [6.07, 6.45) is 3.05. The molecule has 6 nitrogen and oxygen atoms in total. The molecule has 2 aromatic rings. The molecule has 6 heteroatoms. The fourth-order valence-corrected chi connectivity index (χ4v) is 3.83. The van der Waals surface area contributed by atoms with E-state index in [4.69, 9.17) is 9.84 Å². The molecule has 1 aliphatic carbocycles. The number of nitro benzene ring substituents is 1. The zero-order valence-corrected chi connectivity index (χ0v) is 14.8. The Morgan fingerprint density at radius 2 is 1.96 bits per heavy atom. The van der Waals surface area contributed by atoms with E-state index >= 15 is 0 Å². The van der Waals surface area contributed by atoms with Crippen molar-refractivity contribution in [2.75, 3.05) is 0 Å². The Morgan fingerprint density at radius 3 is 2.56 bits per heavy atom. The molecule has 1 fully saturated rings. The molecule has 2 aromatic carbocycles. The Morgan fingerprint density at radius 1 is 1.26 bits per heavy atom. The van der Waals surface area contributed by atoms with Gasteiger partial charge in [-0.2, -0.15) is 0 Å². The first-order valence-electron chi connectivity index (χ1n) is 8.91. The highest BCUT2D eigenvalue weighted by atomic mass is 16.6. The van der Waals surface area contributed by atoms with E-state index in [1.807, 2.05) is 36.4 Å². The van der Waals surface area contributed by atoms with Crippen LogP contribution in [0, 0.1) is 16.0 Å². The zero-order chi connectivity index (χ0) is 19.1. The van der Waals surface area contributed by atoms with Gasteiger partial charge < -0.3 is 9.84 Å². The topological polar surface area (TPSA) is 89.7 Å². The maximum atomic E-state index is 11.7. The van der Waals surface area contributed by atoms with Gasteiger partial charge in [0.15, 0.2) is 0 Å². The molecule has 0 unspecified atom stereocenters. The van der Waals surface area contributed by atoms with Crippen LogP contribution in [0.1, 0.15) is 42.4 Å². The molecular weight excluding hydrogens is 346 g/mol. The van der Waals surface area contributed by atoms with Crippen LogP contribution >= 0.6 is 0 Å². The second-order valence-electron chi connectivity index (χ2n) is 7.14. The fourth-order valence-electron chi connectivity index (χ4n) is 3.83. The number of benzene rings is 2. The van der Waals surface area contributed by atoms with Crippen LogP contribution < -0.4 is 4.74 Å². The SMILES string of the molecule is CC(=CC(=O)O)c1cc2c(c([N+](=O)[O-])c1)O[C@H](C1CC1)[C@H]2c1ccccc1. The molecule has 0 saturated heterocycles. The van der Waals surface area contributed by atoms with Crippen molar-refractivity contribution in [3.8, 4) is 5.75 Å². The summed E-state index contributed by atoms with van der Waals surface area (Å²) in [5.41, 5.74) is 2.71. The average molecular weight is 365 g/mol. The second-order valence-corrected chi connectivity index (χ2v) is 7.14. The van der Waals surface area contributed by atoms with E-state index in [9.17, 15) is 14.9 Å². The third-order valence-corrected chi connectivity index (χ3v) is 5.25. The van der Waals surface area contributed by atoms with E-state index in [0.717, 1.165) is 30.0 Å². The first-order chi connectivity index (χ1) is 13.0. The van der Waals surface area contributed by atoms with Crippen molar-refractivity contribution in [1.82, 2.24) is 0 Å². The lowest BCUT2D eigenvalue weighted by Gasteiger charge is -2.19. The Balaban J connectivity index is 1.90. The predicted molar refractivity (Wildman–Crippen MR) is 99.8 cm³/mol. The van der Waals surface area contributed by atoms with Gasteiger partial charge in [-0.3, -0.25) is 10.1 Å². The highest BCUT2D eigenvalue weighted by Gasteiger charge is 2.47. The number of allylic oxidation sites excluding steroid dienone is 1. The first kappa shape index (κ1) is 17.3. The van der Waals surface area contributed by atoms with Crippen LogP contribution in [0.15, 0.2) is 48.5 Å². The number of carbonyl (C=O) groups is 1. The summed E-state index contributed by atoms with van der Waals surface area (Å²) in [7, 11) is 0. The van der Waals surface area contributed by atoms with E-state index in [0.29, 0.717) is 22.8 Å². The van der Waals surface area contributed by atoms with Gasteiger partial charge in [0, 0.05) is 17.7 Å². The number of fused-ring (bicyclic) bond motifs is 1. The van der Waals surface area contributed by atoms with Crippen molar-refractivity contribution >= 4 is 17.2 Å². The lowest BCUT2D eigenvalue weighted by molar-refractivity contribution is -0.385. The summed E-state index contributed by atoms with van der Waals surface area (Å²) in [4.78, 5) is 22.3. The smallest absolute Gasteiger partial charge is 0.328 e. The van der Waals surface area contributed by atoms with Crippen molar-refractivity contribution < 1.29 is 19.6 Å². The number of ether oxygens (including phenoxy) is 1. The fraction of sp³-hybridized carbons (Fsp3) is 0.286. The highest BCUT2D eigenvalue weighted by molar-refractivity contribution is 5.90. The van der Waals surface area contributed by atoms with E-state index in [2.05, 4.69) is 0 Å². The number of aliphatic carboxylic acids is 1. The third-order valence-electron chi connectivity index (χ3n) is 5.25. The van der Waals surface area contributed by atoms with Crippen molar-refractivity contribution in [2.24, 2.45) is 5.92 Å². The van der Waals surface area contributed by atoms with Gasteiger partial charge in [-0.15, -0.1) is 0 Å². The van der Waals surface area contributed by atoms with Gasteiger partial charge in [0.1, 0.15) is 6.10 Å². The van der Waals surface area contributed by atoms with Gasteiger partial charge in [-0.1, -0.05) is 30.3 Å². The van der Waals surface area contributed by atoms with Crippen LogP contribution in [-0.4, -0.2) is 22.1 Å². The standard InChI is InChI=1S/C21H19NO5/c1-12(9-18(23)24)15-10-16-19(13-5-3-2-4-6-13)20(14-7-8-14)27-21(16)17(11-15)22(25)26/h2-6,9-11,14,19-20H,7-8H2,1H3,(H,23,24)/t19-,20+/m0/s1. The molecule has 0 aromatic heterocycles. The average Bonchev–Trinajstić information content (AvgIpc) is 3.41. The van der Waals surface area contributed by atoms with Crippen LogP contribution in [0.3, 0.4) is 0 Å². The summed E-state index contributed by atoms with van der Waals surface area (Å²) < 4.78 is 6.13. The van der Waals surface area contributed by atoms with E-state index in [1.54, 1.807) is 6.92 Å². The Labute approximate surface area is 156 Å². The van der Waals surface area contributed by atoms with Crippen LogP contribution in [0.25, 0.3) is 5.57 Å². The predicted octanol–water partition coefficient (Wildman–Crippen LogP) is 4.39. The zero-order valence-electron chi connectivity index (χ0n) is 14.8. The summed E-state index contributed by atoms with van der Waals surface area (Å²) >= 11 is 0. The quantitative estimate of drug-likeness (QED) is 0.482. The van der Waals surface area contributed by atoms with Crippen molar-refractivity contribution in [2.45, 2.75) is 31.8 Å².